The predicted octanol–water partition coefficient (Wildman–Crippen LogP) is -0.128. The fourth-order valence-electron chi connectivity index (χ4n) is 2.18. The molecule has 0 aliphatic heterocycles. The first kappa shape index (κ1) is 20.5. The van der Waals surface area contributed by atoms with Gasteiger partial charge in [-0.25, -0.2) is 9.37 Å². The fourth-order valence-corrected chi connectivity index (χ4v) is 2.59. The number of nitrogens with two attached hydrogens (primary N) is 1. The van der Waals surface area contributed by atoms with Crippen molar-refractivity contribution in [2.24, 2.45) is 0 Å². The number of halogens is 1. The van der Waals surface area contributed by atoms with Gasteiger partial charge in [-0.3, -0.25) is 4.57 Å². The molecule has 2 aromatic rings. The van der Waals surface area contributed by atoms with Gasteiger partial charge in [-0.1, -0.05) is 0 Å². The van der Waals surface area contributed by atoms with Gasteiger partial charge in [-0.15, -0.1) is 0 Å². The van der Waals surface area contributed by atoms with Crippen molar-refractivity contribution in [2.75, 3.05) is 51.3 Å². The quantitative estimate of drug-likeness (QED) is 0.403. The molecule has 0 radical (unpaired) electrons. The third-order valence-electron chi connectivity index (χ3n) is 3.38. The van der Waals surface area contributed by atoms with Gasteiger partial charge < -0.3 is 35.0 Å². The Balaban J connectivity index is 2.18. The maximum absolute atomic E-state index is 13.1. The number of nitrogens with zero attached hydrogens (tertiary/aromatic N) is 5. The largest absolute Gasteiger partial charge is 0.368 e. The van der Waals surface area contributed by atoms with Crippen LogP contribution in [0.4, 0.5) is 16.2 Å². The van der Waals surface area contributed by atoms with E-state index in [-0.39, 0.29) is 12.5 Å². The first-order valence-corrected chi connectivity index (χ1v) is 9.58. The Morgan fingerprint density at radius 2 is 2.19 bits per heavy atom. The van der Waals surface area contributed by atoms with E-state index in [0.29, 0.717) is 23.5 Å². The minimum atomic E-state index is -4.38. The van der Waals surface area contributed by atoms with Crippen LogP contribution in [0.1, 0.15) is 0 Å². The van der Waals surface area contributed by atoms with E-state index in [1.807, 2.05) is 19.0 Å². The average Bonchev–Trinajstić information content (AvgIpc) is 2.92. The SMILES string of the molecule is CN(C)CCNc1nc(N)nc2c1ncn2C[C@H](CF)OCP(=O)(O)O. The highest BCUT2D eigenvalue weighted by Gasteiger charge is 2.20. The van der Waals surface area contributed by atoms with Crippen LogP contribution in [0.2, 0.25) is 0 Å². The van der Waals surface area contributed by atoms with E-state index in [9.17, 15) is 8.96 Å². The number of anilines is 2. The third kappa shape index (κ3) is 5.85. The molecule has 0 unspecified atom stereocenters. The predicted molar refractivity (Wildman–Crippen MR) is 94.5 cm³/mol. The molecule has 13 heteroatoms. The molecular formula is C13H23FN7O4P. The lowest BCUT2D eigenvalue weighted by Crippen LogP contribution is -2.23. The Hall–Kier alpha value is -1.85. The summed E-state index contributed by atoms with van der Waals surface area (Å²) in [5.41, 5.74) is 6.58. The molecule has 1 atom stereocenters. The van der Waals surface area contributed by atoms with Crippen LogP contribution in [0.3, 0.4) is 0 Å². The second kappa shape index (κ2) is 8.69. The molecule has 0 aliphatic carbocycles. The zero-order valence-electron chi connectivity index (χ0n) is 14.5. The number of hydrogen-bond acceptors (Lipinski definition) is 8. The van der Waals surface area contributed by atoms with Crippen LogP contribution in [0, 0.1) is 0 Å². The number of alkyl halides is 1. The van der Waals surface area contributed by atoms with Gasteiger partial charge in [0.25, 0.3) is 0 Å². The summed E-state index contributed by atoms with van der Waals surface area (Å²) in [5, 5.41) is 3.13. The van der Waals surface area contributed by atoms with Gasteiger partial charge in [0.2, 0.25) is 5.95 Å². The number of ether oxygens (including phenoxy) is 1. The monoisotopic (exact) mass is 391 g/mol. The standard InChI is InChI=1S/C13H23FN7O4P/c1-20(2)4-3-16-11-10-12(19-13(15)18-11)21(7-17-10)6-9(5-14)25-8-26(22,23)24/h7,9H,3-6,8H2,1-2H3,(H2,22,23,24)(H3,15,16,18,19)/t9-/m0/s1. The molecule has 0 aliphatic rings. The van der Waals surface area contributed by atoms with Crippen LogP contribution in [-0.4, -0.2) is 80.5 Å². The summed E-state index contributed by atoms with van der Waals surface area (Å²) in [5.74, 6) is 0.487. The Labute approximate surface area is 149 Å². The van der Waals surface area contributed by atoms with Crippen LogP contribution in [-0.2, 0) is 15.8 Å². The molecule has 0 amide bonds. The highest BCUT2D eigenvalue weighted by Crippen LogP contribution is 2.34. The second-order valence-corrected chi connectivity index (χ2v) is 7.55. The van der Waals surface area contributed by atoms with Crippen LogP contribution in [0.5, 0.6) is 0 Å². The highest BCUT2D eigenvalue weighted by molar-refractivity contribution is 7.51. The maximum Gasteiger partial charge on any atom is 0.350 e. The molecule has 2 rings (SSSR count). The van der Waals surface area contributed by atoms with Crippen LogP contribution < -0.4 is 11.1 Å². The van der Waals surface area contributed by atoms with Crippen LogP contribution >= 0.6 is 7.60 Å². The average molecular weight is 391 g/mol. The van der Waals surface area contributed by atoms with Crippen molar-refractivity contribution in [1.29, 1.82) is 0 Å². The Morgan fingerprint density at radius 1 is 1.46 bits per heavy atom. The zero-order valence-corrected chi connectivity index (χ0v) is 15.4. The molecule has 2 heterocycles. The molecule has 5 N–H and O–H groups in total. The fraction of sp³-hybridized carbons (Fsp3) is 0.615. The van der Waals surface area contributed by atoms with Gasteiger partial charge in [-0.2, -0.15) is 9.97 Å². The molecule has 26 heavy (non-hydrogen) atoms. The van der Waals surface area contributed by atoms with E-state index in [2.05, 4.69) is 20.3 Å². The molecule has 0 saturated heterocycles. The van der Waals surface area contributed by atoms with E-state index in [4.69, 9.17) is 20.3 Å². The molecular weight excluding hydrogens is 368 g/mol. The van der Waals surface area contributed by atoms with Crippen molar-refractivity contribution in [3.05, 3.63) is 6.33 Å². The summed E-state index contributed by atoms with van der Waals surface area (Å²) in [6, 6.07) is 0. The summed E-state index contributed by atoms with van der Waals surface area (Å²) >= 11 is 0. The lowest BCUT2D eigenvalue weighted by atomic mass is 10.4. The lowest BCUT2D eigenvalue weighted by molar-refractivity contribution is 0.0445. The van der Waals surface area contributed by atoms with Crippen LogP contribution in [0.15, 0.2) is 6.33 Å². The Kier molecular flexibility index (Phi) is 6.84. The topological polar surface area (TPSA) is 152 Å². The molecule has 0 saturated carbocycles. The molecule has 2 aromatic heterocycles. The molecule has 0 fully saturated rings. The van der Waals surface area contributed by atoms with E-state index in [1.165, 1.54) is 10.9 Å². The minimum Gasteiger partial charge on any atom is -0.368 e. The zero-order chi connectivity index (χ0) is 19.3. The van der Waals surface area contributed by atoms with Gasteiger partial charge in [0, 0.05) is 13.1 Å². The first-order valence-electron chi connectivity index (χ1n) is 7.78. The molecule has 0 bridgehead atoms. The van der Waals surface area contributed by atoms with Crippen molar-refractivity contribution in [3.63, 3.8) is 0 Å². The number of imidazole rings is 1. The van der Waals surface area contributed by atoms with Crippen molar-refractivity contribution >= 4 is 30.5 Å². The van der Waals surface area contributed by atoms with Gasteiger partial charge in [-0.05, 0) is 14.1 Å². The maximum atomic E-state index is 13.1. The van der Waals surface area contributed by atoms with Gasteiger partial charge >= 0.3 is 7.60 Å². The summed E-state index contributed by atoms with van der Waals surface area (Å²) in [7, 11) is -0.502. The smallest absolute Gasteiger partial charge is 0.350 e. The van der Waals surface area contributed by atoms with Gasteiger partial charge in [0.1, 0.15) is 19.1 Å². The van der Waals surface area contributed by atoms with Crippen LogP contribution in [0.25, 0.3) is 11.2 Å². The van der Waals surface area contributed by atoms with Gasteiger partial charge in [0.05, 0.1) is 12.9 Å². The van der Waals surface area contributed by atoms with E-state index in [0.717, 1.165) is 6.54 Å². The minimum absolute atomic E-state index is 0.0272. The number of fused-ring (bicyclic) bond motifs is 1. The van der Waals surface area contributed by atoms with Crippen molar-refractivity contribution in [1.82, 2.24) is 24.4 Å². The van der Waals surface area contributed by atoms with Crippen molar-refractivity contribution in [2.45, 2.75) is 12.6 Å². The number of rotatable bonds is 10. The Morgan fingerprint density at radius 3 is 2.81 bits per heavy atom. The third-order valence-corrected chi connectivity index (χ3v) is 3.87. The number of aromatic nitrogens is 4. The molecule has 146 valence electrons. The molecule has 0 spiro atoms. The summed E-state index contributed by atoms with van der Waals surface area (Å²) in [4.78, 5) is 32.2. The number of likely N-dealkylation sites (N-methyl/N-ethyl adjacent to an activating group) is 1. The first-order chi connectivity index (χ1) is 12.2. The highest BCUT2D eigenvalue weighted by atomic mass is 31.2. The van der Waals surface area contributed by atoms with E-state index >= 15 is 0 Å². The van der Waals surface area contributed by atoms with Crippen molar-refractivity contribution in [3.8, 4) is 0 Å². The molecule has 0 aromatic carbocycles. The molecule has 11 nitrogen and oxygen atoms in total. The summed E-state index contributed by atoms with van der Waals surface area (Å²) < 4.78 is 30.5. The van der Waals surface area contributed by atoms with Crippen molar-refractivity contribution < 1.29 is 23.5 Å². The van der Waals surface area contributed by atoms with E-state index in [1.54, 1.807) is 0 Å². The normalized spacial score (nSPS) is 13.5. The van der Waals surface area contributed by atoms with E-state index < -0.39 is 26.7 Å². The number of nitrogen functional groups attached to an aromatic ring is 1. The summed E-state index contributed by atoms with van der Waals surface area (Å²) in [6.45, 7) is 0.435. The van der Waals surface area contributed by atoms with Gasteiger partial charge in [0.15, 0.2) is 17.0 Å². The number of nitrogens with one attached hydrogen (secondary N) is 1. The number of hydrogen-bond donors (Lipinski definition) is 4. The lowest BCUT2D eigenvalue weighted by Gasteiger charge is -2.16. The Bertz CT molecular complexity index is 781. The second-order valence-electron chi connectivity index (χ2n) is 5.97. The summed E-state index contributed by atoms with van der Waals surface area (Å²) in [6.07, 6.45) is -0.483.